The van der Waals surface area contributed by atoms with Crippen LogP contribution < -0.4 is 5.32 Å². The Kier molecular flexibility index (Phi) is 3.97. The molecule has 0 radical (unpaired) electrons. The van der Waals surface area contributed by atoms with Crippen molar-refractivity contribution in [1.82, 2.24) is 5.32 Å². The van der Waals surface area contributed by atoms with Crippen LogP contribution in [0.5, 0.6) is 0 Å². The van der Waals surface area contributed by atoms with Crippen LogP contribution in [0.25, 0.3) is 0 Å². The summed E-state index contributed by atoms with van der Waals surface area (Å²) in [5.41, 5.74) is -0.276. The molecule has 1 rings (SSSR count). The predicted molar refractivity (Wildman–Crippen MR) is 50.5 cm³/mol. The van der Waals surface area contributed by atoms with Crippen molar-refractivity contribution in [3.63, 3.8) is 0 Å². The molecule has 0 spiro atoms. The Morgan fingerprint density at radius 1 is 1.42 bits per heavy atom. The third-order valence-corrected chi connectivity index (χ3v) is 1.94. The van der Waals surface area contributed by atoms with Crippen molar-refractivity contribution in [2.75, 3.05) is 13.2 Å². The molecule has 1 aliphatic heterocycles. The van der Waals surface area contributed by atoms with Gasteiger partial charge in [-0.3, -0.25) is 5.32 Å². The van der Waals surface area contributed by atoms with Gasteiger partial charge in [0.25, 0.3) is 0 Å². The Morgan fingerprint density at radius 3 is 2.33 bits per heavy atom. The maximum Gasteiger partial charge on any atom is 0.119 e. The Morgan fingerprint density at radius 2 is 2.00 bits per heavy atom. The SMILES string of the molecule is CC1(C)COC(C)(CCO)N1.Cl. The molecule has 0 bridgehead atoms. The van der Waals surface area contributed by atoms with Crippen molar-refractivity contribution < 1.29 is 9.84 Å². The van der Waals surface area contributed by atoms with Gasteiger partial charge in [0.05, 0.1) is 6.61 Å². The summed E-state index contributed by atoms with van der Waals surface area (Å²) in [7, 11) is 0. The lowest BCUT2D eigenvalue weighted by molar-refractivity contribution is -0.0122. The highest BCUT2D eigenvalue weighted by molar-refractivity contribution is 5.85. The van der Waals surface area contributed by atoms with Crippen LogP contribution in [0.3, 0.4) is 0 Å². The van der Waals surface area contributed by atoms with Crippen molar-refractivity contribution in [1.29, 1.82) is 0 Å². The third kappa shape index (κ3) is 2.90. The van der Waals surface area contributed by atoms with Gasteiger partial charge in [0, 0.05) is 18.6 Å². The summed E-state index contributed by atoms with van der Waals surface area (Å²) in [6, 6.07) is 0. The summed E-state index contributed by atoms with van der Waals surface area (Å²) in [6.45, 7) is 7.03. The quantitative estimate of drug-likeness (QED) is 0.688. The van der Waals surface area contributed by atoms with Crippen LogP contribution in [0.1, 0.15) is 27.2 Å². The lowest BCUT2D eigenvalue weighted by Crippen LogP contribution is -2.46. The van der Waals surface area contributed by atoms with Crippen LogP contribution in [0, 0.1) is 0 Å². The highest BCUT2D eigenvalue weighted by Gasteiger charge is 2.39. The monoisotopic (exact) mass is 195 g/mol. The maximum absolute atomic E-state index is 8.74. The Hall–Kier alpha value is 0.170. The first-order valence-electron chi connectivity index (χ1n) is 4.02. The van der Waals surface area contributed by atoms with Gasteiger partial charge in [0.15, 0.2) is 0 Å². The minimum atomic E-state index is -0.321. The minimum Gasteiger partial charge on any atom is -0.396 e. The van der Waals surface area contributed by atoms with E-state index < -0.39 is 0 Å². The molecular weight excluding hydrogens is 178 g/mol. The van der Waals surface area contributed by atoms with Gasteiger partial charge in [-0.1, -0.05) is 0 Å². The lowest BCUT2D eigenvalue weighted by atomic mass is 10.1. The van der Waals surface area contributed by atoms with E-state index in [1.165, 1.54) is 0 Å². The first-order chi connectivity index (χ1) is 4.97. The molecule has 1 fully saturated rings. The number of halogens is 1. The predicted octanol–water partition coefficient (Wildman–Crippen LogP) is 0.905. The zero-order chi connectivity index (χ0) is 8.54. The van der Waals surface area contributed by atoms with Gasteiger partial charge in [-0.15, -0.1) is 12.4 Å². The fourth-order valence-electron chi connectivity index (χ4n) is 1.48. The topological polar surface area (TPSA) is 41.5 Å². The Labute approximate surface area is 79.9 Å². The second-order valence-corrected chi connectivity index (χ2v) is 4.00. The van der Waals surface area contributed by atoms with Gasteiger partial charge in [-0.25, -0.2) is 0 Å². The average Bonchev–Trinajstić information content (AvgIpc) is 2.07. The van der Waals surface area contributed by atoms with Crippen molar-refractivity contribution >= 4 is 12.4 Å². The van der Waals surface area contributed by atoms with Gasteiger partial charge in [-0.2, -0.15) is 0 Å². The van der Waals surface area contributed by atoms with E-state index >= 15 is 0 Å². The summed E-state index contributed by atoms with van der Waals surface area (Å²) in [6.07, 6.45) is 0.649. The Balaban J connectivity index is 0.00000121. The van der Waals surface area contributed by atoms with Crippen molar-refractivity contribution in [3.05, 3.63) is 0 Å². The van der Waals surface area contributed by atoms with Crippen molar-refractivity contribution in [2.24, 2.45) is 0 Å². The summed E-state index contributed by atoms with van der Waals surface area (Å²) >= 11 is 0. The fraction of sp³-hybridized carbons (Fsp3) is 1.00. The number of rotatable bonds is 2. The molecule has 0 saturated carbocycles. The molecule has 0 aromatic carbocycles. The van der Waals surface area contributed by atoms with Gasteiger partial charge in [0.2, 0.25) is 0 Å². The molecule has 0 aliphatic carbocycles. The van der Waals surface area contributed by atoms with Crippen LogP contribution in [0.2, 0.25) is 0 Å². The second kappa shape index (κ2) is 3.92. The maximum atomic E-state index is 8.74. The summed E-state index contributed by atoms with van der Waals surface area (Å²) in [5.74, 6) is 0. The van der Waals surface area contributed by atoms with Crippen LogP contribution >= 0.6 is 12.4 Å². The van der Waals surface area contributed by atoms with Gasteiger partial charge < -0.3 is 9.84 Å². The molecule has 1 aliphatic rings. The molecule has 3 nitrogen and oxygen atoms in total. The van der Waals surface area contributed by atoms with Crippen LogP contribution in [0.4, 0.5) is 0 Å². The van der Waals surface area contributed by atoms with E-state index in [0.717, 1.165) is 0 Å². The van der Waals surface area contributed by atoms with E-state index in [2.05, 4.69) is 19.2 Å². The summed E-state index contributed by atoms with van der Waals surface area (Å²) < 4.78 is 5.52. The van der Waals surface area contributed by atoms with E-state index in [1.54, 1.807) is 0 Å². The number of hydrogen-bond donors (Lipinski definition) is 2. The smallest absolute Gasteiger partial charge is 0.119 e. The Bertz CT molecular complexity index is 152. The molecule has 4 heteroatoms. The molecule has 0 aromatic heterocycles. The molecule has 1 heterocycles. The minimum absolute atomic E-state index is 0. The molecule has 1 atom stereocenters. The first-order valence-corrected chi connectivity index (χ1v) is 4.02. The second-order valence-electron chi connectivity index (χ2n) is 4.00. The molecule has 0 amide bonds. The zero-order valence-corrected chi connectivity index (χ0v) is 8.70. The molecule has 1 unspecified atom stereocenters. The van der Waals surface area contributed by atoms with E-state index in [0.29, 0.717) is 13.0 Å². The highest BCUT2D eigenvalue weighted by atomic mass is 35.5. The molecule has 0 aromatic rings. The molecule has 74 valence electrons. The van der Waals surface area contributed by atoms with Gasteiger partial charge in [-0.05, 0) is 20.8 Å². The van der Waals surface area contributed by atoms with E-state index in [9.17, 15) is 0 Å². The van der Waals surface area contributed by atoms with Gasteiger partial charge >= 0.3 is 0 Å². The molecule has 2 N–H and O–H groups in total. The number of aliphatic hydroxyl groups excluding tert-OH is 1. The molecule has 1 saturated heterocycles. The van der Waals surface area contributed by atoms with E-state index in [1.807, 2.05) is 6.92 Å². The molecular formula is C8H18ClNO2. The number of aliphatic hydroxyl groups is 1. The normalized spacial score (nSPS) is 33.0. The van der Waals surface area contributed by atoms with Crippen molar-refractivity contribution in [3.8, 4) is 0 Å². The van der Waals surface area contributed by atoms with Crippen molar-refractivity contribution in [2.45, 2.75) is 38.5 Å². The summed E-state index contributed by atoms with van der Waals surface area (Å²) in [5, 5.41) is 12.1. The first kappa shape index (κ1) is 12.2. The van der Waals surface area contributed by atoms with Crippen LogP contribution in [-0.4, -0.2) is 29.6 Å². The van der Waals surface area contributed by atoms with E-state index in [4.69, 9.17) is 9.84 Å². The number of nitrogens with one attached hydrogen (secondary N) is 1. The largest absolute Gasteiger partial charge is 0.396 e. The summed E-state index contributed by atoms with van der Waals surface area (Å²) in [4.78, 5) is 0. The number of ether oxygens (including phenoxy) is 1. The molecule has 12 heavy (non-hydrogen) atoms. The van der Waals surface area contributed by atoms with Crippen LogP contribution in [-0.2, 0) is 4.74 Å². The number of hydrogen-bond acceptors (Lipinski definition) is 3. The third-order valence-electron chi connectivity index (χ3n) is 1.94. The highest BCUT2D eigenvalue weighted by Crippen LogP contribution is 2.24. The fourth-order valence-corrected chi connectivity index (χ4v) is 1.48. The standard InChI is InChI=1S/C8H17NO2.ClH/c1-7(2)6-11-8(3,9-7)4-5-10;/h9-10H,4-6H2,1-3H3;1H. The van der Waals surface area contributed by atoms with Gasteiger partial charge in [0.1, 0.15) is 5.72 Å². The zero-order valence-electron chi connectivity index (χ0n) is 7.89. The average molecular weight is 196 g/mol. The van der Waals surface area contributed by atoms with E-state index in [-0.39, 0.29) is 30.3 Å². The van der Waals surface area contributed by atoms with Crippen LogP contribution in [0.15, 0.2) is 0 Å². The lowest BCUT2D eigenvalue weighted by Gasteiger charge is -2.25.